The molecule has 3 heterocycles. The van der Waals surface area contributed by atoms with Gasteiger partial charge in [0.05, 0.1) is 13.7 Å². The topological polar surface area (TPSA) is 66.7 Å². The highest BCUT2D eigenvalue weighted by molar-refractivity contribution is 5.85. The van der Waals surface area contributed by atoms with Gasteiger partial charge >= 0.3 is 0 Å². The molecule has 0 spiro atoms. The van der Waals surface area contributed by atoms with Gasteiger partial charge in [-0.2, -0.15) is 4.98 Å². The van der Waals surface area contributed by atoms with E-state index in [2.05, 4.69) is 25.3 Å². The third kappa shape index (κ3) is 6.55. The Balaban J connectivity index is 0.00000150. The number of aromatic nitrogens is 2. The molecule has 1 aromatic carbocycles. The number of hydrogen-bond donors (Lipinski definition) is 1. The monoisotopic (exact) mass is 443 g/mol. The lowest BCUT2D eigenvalue weighted by atomic mass is 9.97. The van der Waals surface area contributed by atoms with Crippen molar-refractivity contribution in [3.8, 4) is 17.1 Å². The quantitative estimate of drug-likeness (QED) is 0.735. The molecule has 0 aliphatic carbocycles. The largest absolute Gasteiger partial charge is 0.497 e. The molecule has 29 heavy (non-hydrogen) atoms. The number of halogens is 2. The van der Waals surface area contributed by atoms with E-state index in [0.717, 1.165) is 50.0 Å². The molecule has 0 atom stereocenters. The van der Waals surface area contributed by atoms with Crippen LogP contribution in [0, 0.1) is 5.92 Å². The lowest BCUT2D eigenvalue weighted by Gasteiger charge is -2.36. The molecule has 0 amide bonds. The van der Waals surface area contributed by atoms with Gasteiger partial charge in [-0.1, -0.05) is 5.16 Å². The zero-order valence-electron chi connectivity index (χ0n) is 16.9. The Morgan fingerprint density at radius 1 is 1.03 bits per heavy atom. The van der Waals surface area contributed by atoms with Gasteiger partial charge in [0.1, 0.15) is 5.75 Å². The van der Waals surface area contributed by atoms with Crippen LogP contribution in [0.3, 0.4) is 0 Å². The van der Waals surface area contributed by atoms with Crippen molar-refractivity contribution in [2.45, 2.75) is 19.4 Å². The molecule has 1 aromatic heterocycles. The molecular formula is C20H31Cl2N5O2. The number of benzene rings is 1. The Morgan fingerprint density at radius 3 is 2.34 bits per heavy atom. The molecule has 1 N–H and O–H groups in total. The smallest absolute Gasteiger partial charge is 0.241 e. The summed E-state index contributed by atoms with van der Waals surface area (Å²) in [5.41, 5.74) is 0.942. The van der Waals surface area contributed by atoms with Crippen LogP contribution in [0.1, 0.15) is 18.7 Å². The van der Waals surface area contributed by atoms with Crippen LogP contribution in [-0.2, 0) is 6.54 Å². The summed E-state index contributed by atoms with van der Waals surface area (Å²) >= 11 is 0. The zero-order valence-corrected chi connectivity index (χ0v) is 18.5. The Bertz CT molecular complexity index is 714. The van der Waals surface area contributed by atoms with Crippen LogP contribution in [0.2, 0.25) is 0 Å². The molecule has 2 aliphatic rings. The van der Waals surface area contributed by atoms with E-state index < -0.39 is 0 Å². The second-order valence-electron chi connectivity index (χ2n) is 7.51. The van der Waals surface area contributed by atoms with Crippen molar-refractivity contribution in [2.75, 3.05) is 52.9 Å². The molecule has 2 saturated heterocycles. The number of nitrogens with zero attached hydrogens (tertiary/aromatic N) is 4. The summed E-state index contributed by atoms with van der Waals surface area (Å²) in [5.74, 6) is 3.01. The number of rotatable bonds is 6. The third-order valence-corrected chi connectivity index (χ3v) is 5.62. The van der Waals surface area contributed by atoms with Crippen molar-refractivity contribution in [3.05, 3.63) is 30.2 Å². The van der Waals surface area contributed by atoms with Crippen molar-refractivity contribution in [1.82, 2.24) is 25.3 Å². The van der Waals surface area contributed by atoms with Crippen LogP contribution in [-0.4, -0.2) is 72.9 Å². The van der Waals surface area contributed by atoms with Gasteiger partial charge in [-0.05, 0) is 56.1 Å². The van der Waals surface area contributed by atoms with Crippen LogP contribution in [0.25, 0.3) is 11.4 Å². The number of hydrogen-bond acceptors (Lipinski definition) is 7. The summed E-state index contributed by atoms with van der Waals surface area (Å²) in [6.07, 6.45) is 2.63. The number of methoxy groups -OCH3 is 1. The van der Waals surface area contributed by atoms with E-state index >= 15 is 0 Å². The third-order valence-electron chi connectivity index (χ3n) is 5.62. The summed E-state index contributed by atoms with van der Waals surface area (Å²) < 4.78 is 10.7. The molecule has 0 unspecified atom stereocenters. The van der Waals surface area contributed by atoms with Gasteiger partial charge in [0, 0.05) is 38.3 Å². The fraction of sp³-hybridized carbons (Fsp3) is 0.600. The molecular weight excluding hydrogens is 413 g/mol. The fourth-order valence-corrected chi connectivity index (χ4v) is 3.93. The summed E-state index contributed by atoms with van der Waals surface area (Å²) in [5, 5.41) is 7.58. The van der Waals surface area contributed by atoms with Crippen molar-refractivity contribution < 1.29 is 9.26 Å². The van der Waals surface area contributed by atoms with E-state index in [-0.39, 0.29) is 24.8 Å². The second kappa shape index (κ2) is 11.7. The van der Waals surface area contributed by atoms with E-state index in [9.17, 15) is 0 Å². The predicted molar refractivity (Wildman–Crippen MR) is 118 cm³/mol. The van der Waals surface area contributed by atoms with E-state index in [0.29, 0.717) is 11.7 Å². The first kappa shape index (κ1) is 23.9. The van der Waals surface area contributed by atoms with Crippen molar-refractivity contribution in [3.63, 3.8) is 0 Å². The van der Waals surface area contributed by atoms with Gasteiger partial charge in [0.25, 0.3) is 0 Å². The summed E-state index contributed by atoms with van der Waals surface area (Å²) in [7, 11) is 1.66. The maximum absolute atomic E-state index is 5.47. The van der Waals surface area contributed by atoms with Crippen LogP contribution in [0.5, 0.6) is 5.75 Å². The molecule has 2 fully saturated rings. The van der Waals surface area contributed by atoms with Crippen molar-refractivity contribution >= 4 is 24.8 Å². The zero-order chi connectivity index (χ0) is 18.5. The average molecular weight is 444 g/mol. The van der Waals surface area contributed by atoms with E-state index in [1.54, 1.807) is 7.11 Å². The summed E-state index contributed by atoms with van der Waals surface area (Å²) in [6.45, 7) is 8.71. The minimum absolute atomic E-state index is 0. The van der Waals surface area contributed by atoms with Crippen molar-refractivity contribution in [2.24, 2.45) is 5.92 Å². The first-order chi connectivity index (χ1) is 13.3. The van der Waals surface area contributed by atoms with Crippen LogP contribution in [0.4, 0.5) is 0 Å². The highest BCUT2D eigenvalue weighted by Crippen LogP contribution is 2.20. The van der Waals surface area contributed by atoms with Gasteiger partial charge in [0.2, 0.25) is 11.7 Å². The first-order valence-electron chi connectivity index (χ1n) is 9.92. The lowest BCUT2D eigenvalue weighted by Crippen LogP contribution is -2.48. The Labute approximate surface area is 185 Å². The first-order valence-corrected chi connectivity index (χ1v) is 9.92. The van der Waals surface area contributed by atoms with Crippen LogP contribution >= 0.6 is 24.8 Å². The molecule has 0 saturated carbocycles. The minimum atomic E-state index is 0. The molecule has 4 rings (SSSR count). The normalized spacial score (nSPS) is 18.7. The number of nitrogens with one attached hydrogen (secondary N) is 1. The highest BCUT2D eigenvalue weighted by atomic mass is 35.5. The highest BCUT2D eigenvalue weighted by Gasteiger charge is 2.22. The van der Waals surface area contributed by atoms with E-state index in [4.69, 9.17) is 9.26 Å². The number of piperidine rings is 1. The standard InChI is InChI=1S/C20H29N5O2.2ClH/c1-26-18-4-2-17(3-5-18)20-22-19(27-23-20)15-25-12-10-24(11-13-25)14-16-6-8-21-9-7-16;;/h2-5,16,21H,6-15H2,1H3;2*1H. The Kier molecular flexibility index (Phi) is 9.65. The number of piperazine rings is 1. The molecule has 9 heteroatoms. The average Bonchev–Trinajstić information content (AvgIpc) is 3.19. The maximum atomic E-state index is 5.47. The summed E-state index contributed by atoms with van der Waals surface area (Å²) in [6, 6.07) is 7.72. The fourth-order valence-electron chi connectivity index (χ4n) is 3.93. The molecule has 162 valence electrons. The van der Waals surface area contributed by atoms with E-state index in [1.165, 1.54) is 32.5 Å². The predicted octanol–water partition coefficient (Wildman–Crippen LogP) is 2.71. The van der Waals surface area contributed by atoms with Gasteiger partial charge < -0.3 is 19.5 Å². The molecule has 2 aliphatic heterocycles. The van der Waals surface area contributed by atoms with Gasteiger partial charge in [0.15, 0.2) is 0 Å². The van der Waals surface area contributed by atoms with E-state index in [1.807, 2.05) is 24.3 Å². The van der Waals surface area contributed by atoms with Crippen molar-refractivity contribution in [1.29, 1.82) is 0 Å². The SMILES string of the molecule is COc1ccc(-c2noc(CN3CCN(CC4CCNCC4)CC3)n2)cc1.Cl.Cl. The van der Waals surface area contributed by atoms with Gasteiger partial charge in [-0.25, -0.2) is 0 Å². The van der Waals surface area contributed by atoms with Gasteiger partial charge in [-0.15, -0.1) is 24.8 Å². The van der Waals surface area contributed by atoms with Crippen LogP contribution < -0.4 is 10.1 Å². The lowest BCUT2D eigenvalue weighted by molar-refractivity contribution is 0.0990. The Hall–Kier alpha value is -1.38. The molecule has 7 nitrogen and oxygen atoms in total. The second-order valence-corrected chi connectivity index (χ2v) is 7.51. The molecule has 2 aromatic rings. The summed E-state index contributed by atoms with van der Waals surface area (Å²) in [4.78, 5) is 9.58. The molecule has 0 radical (unpaired) electrons. The van der Waals surface area contributed by atoms with Gasteiger partial charge in [-0.3, -0.25) is 4.90 Å². The minimum Gasteiger partial charge on any atom is -0.497 e. The Morgan fingerprint density at radius 2 is 1.69 bits per heavy atom. The van der Waals surface area contributed by atoms with Crippen LogP contribution in [0.15, 0.2) is 28.8 Å². The molecule has 0 bridgehead atoms. The number of ether oxygens (including phenoxy) is 1. The maximum Gasteiger partial charge on any atom is 0.241 e.